The highest BCUT2D eigenvalue weighted by Gasteiger charge is 2.12. The van der Waals surface area contributed by atoms with Gasteiger partial charge >= 0.3 is 0 Å². The lowest BCUT2D eigenvalue weighted by Gasteiger charge is -2.07. The van der Waals surface area contributed by atoms with Crippen molar-refractivity contribution in [3.05, 3.63) is 65.5 Å². The zero-order valence-corrected chi connectivity index (χ0v) is 14.2. The van der Waals surface area contributed by atoms with Gasteiger partial charge in [-0.05, 0) is 23.8 Å². The number of fused-ring (bicyclic) bond motifs is 1. The fourth-order valence-electron chi connectivity index (χ4n) is 2.56. The summed E-state index contributed by atoms with van der Waals surface area (Å²) in [5.74, 6) is 5.28. The van der Waals surface area contributed by atoms with Gasteiger partial charge in [-0.1, -0.05) is 30.0 Å². The highest BCUT2D eigenvalue weighted by molar-refractivity contribution is 5.89. The van der Waals surface area contributed by atoms with Crippen LogP contribution in [0.1, 0.15) is 17.5 Å². The number of ether oxygens (including phenoxy) is 1. The van der Waals surface area contributed by atoms with E-state index in [0.29, 0.717) is 19.6 Å². The number of methoxy groups -OCH3 is 1. The quantitative estimate of drug-likeness (QED) is 0.558. The molecule has 2 aromatic carbocycles. The number of halogens is 2. The molecule has 0 bridgehead atoms. The summed E-state index contributed by atoms with van der Waals surface area (Å²) >= 11 is 0. The number of benzene rings is 2. The van der Waals surface area contributed by atoms with E-state index in [-0.39, 0.29) is 16.7 Å². The van der Waals surface area contributed by atoms with E-state index in [9.17, 15) is 8.78 Å². The number of nitrogens with zero attached hydrogens (tertiary/aromatic N) is 2. The van der Waals surface area contributed by atoms with Gasteiger partial charge in [-0.15, -0.1) is 0 Å². The Morgan fingerprint density at radius 2 is 1.88 bits per heavy atom. The van der Waals surface area contributed by atoms with Crippen LogP contribution in [0.25, 0.3) is 10.9 Å². The molecule has 0 unspecified atom stereocenters. The van der Waals surface area contributed by atoms with Gasteiger partial charge in [0.1, 0.15) is 29.3 Å². The first-order chi connectivity index (χ1) is 12.7. The van der Waals surface area contributed by atoms with Gasteiger partial charge in [-0.2, -0.15) is 0 Å². The van der Waals surface area contributed by atoms with Crippen LogP contribution in [0, 0.1) is 23.5 Å². The molecule has 132 valence electrons. The second-order valence-corrected chi connectivity index (χ2v) is 5.54. The molecule has 6 heteroatoms. The number of rotatable bonds is 5. The van der Waals surface area contributed by atoms with Gasteiger partial charge in [0.15, 0.2) is 0 Å². The van der Waals surface area contributed by atoms with E-state index >= 15 is 0 Å². The molecule has 0 aliphatic heterocycles. The van der Waals surface area contributed by atoms with Crippen LogP contribution >= 0.6 is 0 Å². The Bertz CT molecular complexity index is 980. The van der Waals surface area contributed by atoms with Crippen molar-refractivity contribution in [2.24, 2.45) is 0 Å². The maximum absolute atomic E-state index is 14.0. The minimum atomic E-state index is -0.582. The van der Waals surface area contributed by atoms with Gasteiger partial charge in [-0.25, -0.2) is 18.7 Å². The average molecular weight is 353 g/mol. The lowest BCUT2D eigenvalue weighted by atomic mass is 10.1. The van der Waals surface area contributed by atoms with Crippen LogP contribution in [-0.2, 0) is 11.3 Å². The maximum Gasteiger partial charge on any atom is 0.149 e. The summed E-state index contributed by atoms with van der Waals surface area (Å²) in [4.78, 5) is 7.82. The second kappa shape index (κ2) is 8.37. The molecule has 0 saturated heterocycles. The molecule has 1 heterocycles. The van der Waals surface area contributed by atoms with E-state index in [0.717, 1.165) is 23.3 Å². The standard InChI is InChI=1S/C20H17F2N3O/c1-26-12-15-8-3-2-6-14(15)7-4-5-11-23-20-18-16(21)9-10-17(22)19(18)24-13-25-20/h2-3,6,8-10,13H,5,11-12H2,1H3,(H,23,24,25). The Morgan fingerprint density at radius 3 is 2.73 bits per heavy atom. The lowest BCUT2D eigenvalue weighted by molar-refractivity contribution is 0.184. The normalized spacial score (nSPS) is 10.4. The maximum atomic E-state index is 14.0. The third kappa shape index (κ3) is 3.95. The van der Waals surface area contributed by atoms with Gasteiger partial charge < -0.3 is 10.1 Å². The summed E-state index contributed by atoms with van der Waals surface area (Å²) in [7, 11) is 1.64. The van der Waals surface area contributed by atoms with Crippen molar-refractivity contribution in [1.82, 2.24) is 9.97 Å². The molecule has 0 amide bonds. The molecular weight excluding hydrogens is 336 g/mol. The van der Waals surface area contributed by atoms with E-state index in [4.69, 9.17) is 4.74 Å². The van der Waals surface area contributed by atoms with Crippen molar-refractivity contribution in [3.63, 3.8) is 0 Å². The topological polar surface area (TPSA) is 47.0 Å². The molecule has 0 fully saturated rings. The summed E-state index contributed by atoms with van der Waals surface area (Å²) in [5, 5.41) is 3.04. The highest BCUT2D eigenvalue weighted by Crippen LogP contribution is 2.24. The first-order valence-corrected chi connectivity index (χ1v) is 8.09. The van der Waals surface area contributed by atoms with E-state index < -0.39 is 11.6 Å². The summed E-state index contributed by atoms with van der Waals surface area (Å²) < 4.78 is 32.9. The molecule has 0 radical (unpaired) electrons. The third-order valence-electron chi connectivity index (χ3n) is 3.77. The first-order valence-electron chi connectivity index (χ1n) is 8.09. The molecule has 0 aliphatic rings. The molecular formula is C20H17F2N3O. The van der Waals surface area contributed by atoms with Crippen LogP contribution in [0.2, 0.25) is 0 Å². The van der Waals surface area contributed by atoms with Crippen molar-refractivity contribution in [3.8, 4) is 11.8 Å². The van der Waals surface area contributed by atoms with Crippen LogP contribution in [0.15, 0.2) is 42.7 Å². The van der Waals surface area contributed by atoms with E-state index in [2.05, 4.69) is 27.1 Å². The average Bonchev–Trinajstić information content (AvgIpc) is 2.66. The predicted octanol–water partition coefficient (Wildman–Crippen LogP) is 3.91. The molecule has 1 aromatic heterocycles. The minimum Gasteiger partial charge on any atom is -0.380 e. The van der Waals surface area contributed by atoms with Gasteiger partial charge in [-0.3, -0.25) is 0 Å². The number of anilines is 1. The zero-order chi connectivity index (χ0) is 18.4. The van der Waals surface area contributed by atoms with Gasteiger partial charge in [0.2, 0.25) is 0 Å². The highest BCUT2D eigenvalue weighted by atomic mass is 19.1. The SMILES string of the molecule is COCc1ccccc1C#CCCNc1ncnc2c(F)ccc(F)c12. The molecule has 3 rings (SSSR count). The van der Waals surface area contributed by atoms with Crippen LogP contribution < -0.4 is 5.32 Å². The van der Waals surface area contributed by atoms with Gasteiger partial charge in [0.25, 0.3) is 0 Å². The largest absolute Gasteiger partial charge is 0.380 e. The van der Waals surface area contributed by atoms with Crippen LogP contribution in [0.4, 0.5) is 14.6 Å². The smallest absolute Gasteiger partial charge is 0.149 e. The van der Waals surface area contributed by atoms with E-state index in [1.807, 2.05) is 24.3 Å². The number of nitrogens with one attached hydrogen (secondary N) is 1. The minimum absolute atomic E-state index is 0.0397. The van der Waals surface area contributed by atoms with Crippen molar-refractivity contribution in [1.29, 1.82) is 0 Å². The molecule has 1 N–H and O–H groups in total. The number of hydrogen-bond donors (Lipinski definition) is 1. The summed E-state index contributed by atoms with van der Waals surface area (Å²) in [6.07, 6.45) is 1.73. The molecule has 0 saturated carbocycles. The van der Waals surface area contributed by atoms with E-state index in [1.54, 1.807) is 7.11 Å². The predicted molar refractivity (Wildman–Crippen MR) is 96.6 cm³/mol. The molecule has 26 heavy (non-hydrogen) atoms. The van der Waals surface area contributed by atoms with Gasteiger partial charge in [0.05, 0.1) is 12.0 Å². The Morgan fingerprint density at radius 1 is 1.08 bits per heavy atom. The number of hydrogen-bond acceptors (Lipinski definition) is 4. The molecule has 3 aromatic rings. The Hall–Kier alpha value is -3.04. The van der Waals surface area contributed by atoms with Crippen LogP contribution in [0.3, 0.4) is 0 Å². The van der Waals surface area contributed by atoms with Crippen LogP contribution in [-0.4, -0.2) is 23.6 Å². The van der Waals surface area contributed by atoms with Crippen molar-refractivity contribution in [2.75, 3.05) is 19.0 Å². The van der Waals surface area contributed by atoms with E-state index in [1.165, 1.54) is 6.33 Å². The van der Waals surface area contributed by atoms with Crippen molar-refractivity contribution < 1.29 is 13.5 Å². The summed E-state index contributed by atoms with van der Waals surface area (Å²) in [5.41, 5.74) is 1.90. The third-order valence-corrected chi connectivity index (χ3v) is 3.77. The lowest BCUT2D eigenvalue weighted by Crippen LogP contribution is -2.05. The first kappa shape index (κ1) is 17.8. The Labute approximate surface area is 150 Å². The monoisotopic (exact) mass is 353 g/mol. The second-order valence-electron chi connectivity index (χ2n) is 5.54. The Balaban J connectivity index is 1.69. The fraction of sp³-hybridized carbons (Fsp3) is 0.200. The molecule has 4 nitrogen and oxygen atoms in total. The number of aromatic nitrogens is 2. The van der Waals surface area contributed by atoms with Crippen LogP contribution in [0.5, 0.6) is 0 Å². The van der Waals surface area contributed by atoms with Crippen molar-refractivity contribution in [2.45, 2.75) is 13.0 Å². The Kier molecular flexibility index (Phi) is 5.72. The van der Waals surface area contributed by atoms with Gasteiger partial charge in [0, 0.05) is 25.6 Å². The van der Waals surface area contributed by atoms with Crippen molar-refractivity contribution >= 4 is 16.7 Å². The zero-order valence-electron chi connectivity index (χ0n) is 14.2. The fourth-order valence-corrected chi connectivity index (χ4v) is 2.56. The summed E-state index contributed by atoms with van der Waals surface area (Å²) in [6.45, 7) is 0.947. The molecule has 0 aliphatic carbocycles. The summed E-state index contributed by atoms with van der Waals surface area (Å²) in [6, 6.07) is 9.89. The molecule has 0 atom stereocenters. The molecule has 0 spiro atoms.